The lowest BCUT2D eigenvalue weighted by atomic mass is 9.68. The number of hydrogen-bond donors (Lipinski definition) is 0. The highest BCUT2D eigenvalue weighted by molar-refractivity contribution is 5.33. The van der Waals surface area contributed by atoms with Crippen LogP contribution in [0.5, 0.6) is 5.75 Å². The van der Waals surface area contributed by atoms with Crippen molar-refractivity contribution >= 4 is 0 Å². The van der Waals surface area contributed by atoms with Gasteiger partial charge >= 0.3 is 0 Å². The van der Waals surface area contributed by atoms with Crippen LogP contribution in [0.1, 0.15) is 102 Å². The second kappa shape index (κ2) is 12.0. The molecule has 1 aromatic carbocycles. The maximum atomic E-state index is 14.7. The summed E-state index contributed by atoms with van der Waals surface area (Å²) in [6, 6.07) is 3.28. The van der Waals surface area contributed by atoms with Crippen LogP contribution in [0, 0.1) is 29.4 Å². The van der Waals surface area contributed by atoms with E-state index in [1.54, 1.807) is 12.1 Å². The Bertz CT molecular complexity index is 632. The first-order chi connectivity index (χ1) is 14.6. The third kappa shape index (κ3) is 6.18. The number of unbranched alkanes of at least 4 members (excludes halogenated alkanes) is 1. The predicted octanol–water partition coefficient (Wildman–Crippen LogP) is 8.00. The summed E-state index contributed by atoms with van der Waals surface area (Å²) in [6.07, 6.45) is 14.7. The summed E-state index contributed by atoms with van der Waals surface area (Å²) in [7, 11) is 0. The molecule has 2 aliphatic carbocycles. The van der Waals surface area contributed by atoms with E-state index in [4.69, 9.17) is 9.47 Å². The molecule has 0 atom stereocenters. The molecule has 0 radical (unpaired) electrons. The van der Waals surface area contributed by atoms with E-state index in [-0.39, 0.29) is 18.5 Å². The van der Waals surface area contributed by atoms with Gasteiger partial charge in [0.25, 0.3) is 0 Å². The van der Waals surface area contributed by atoms with Crippen molar-refractivity contribution in [2.75, 3.05) is 13.4 Å². The molecule has 3 rings (SSSR count). The number of rotatable bonds is 10. The molecule has 4 heteroatoms. The zero-order valence-corrected chi connectivity index (χ0v) is 18.9. The molecule has 2 saturated carbocycles. The standard InChI is InChI=1S/C26H40F2O2/c1-3-5-6-19-7-9-20(10-8-19)21-11-13-22(14-12-21)23-15-16-24(26(28)25(23)27)30-18-29-17-4-2/h15-16,19-22H,3-14,17-18H2,1-2H3. The second-order valence-corrected chi connectivity index (χ2v) is 9.49. The Morgan fingerprint density at radius 2 is 1.50 bits per heavy atom. The van der Waals surface area contributed by atoms with Gasteiger partial charge in [-0.15, -0.1) is 0 Å². The molecule has 0 amide bonds. The van der Waals surface area contributed by atoms with E-state index >= 15 is 0 Å². The molecule has 2 aliphatic rings. The largest absolute Gasteiger partial charge is 0.464 e. The fourth-order valence-electron chi connectivity index (χ4n) is 5.62. The smallest absolute Gasteiger partial charge is 0.201 e. The quantitative estimate of drug-likeness (QED) is 0.281. The molecule has 0 saturated heterocycles. The highest BCUT2D eigenvalue weighted by atomic mass is 19.2. The van der Waals surface area contributed by atoms with Crippen molar-refractivity contribution in [1.29, 1.82) is 0 Å². The molecule has 0 spiro atoms. The van der Waals surface area contributed by atoms with Gasteiger partial charge in [0.15, 0.2) is 18.4 Å². The first kappa shape index (κ1) is 23.5. The first-order valence-corrected chi connectivity index (χ1v) is 12.3. The third-order valence-corrected chi connectivity index (χ3v) is 7.46. The maximum absolute atomic E-state index is 14.7. The van der Waals surface area contributed by atoms with Crippen LogP contribution in [0.4, 0.5) is 8.78 Å². The van der Waals surface area contributed by atoms with Crippen molar-refractivity contribution < 1.29 is 18.3 Å². The molecule has 170 valence electrons. The van der Waals surface area contributed by atoms with Crippen LogP contribution < -0.4 is 4.74 Å². The average molecular weight is 423 g/mol. The third-order valence-electron chi connectivity index (χ3n) is 7.46. The molecule has 0 heterocycles. The van der Waals surface area contributed by atoms with Crippen molar-refractivity contribution in [2.24, 2.45) is 17.8 Å². The average Bonchev–Trinajstić information content (AvgIpc) is 2.78. The van der Waals surface area contributed by atoms with Crippen molar-refractivity contribution in [3.63, 3.8) is 0 Å². The topological polar surface area (TPSA) is 18.5 Å². The van der Waals surface area contributed by atoms with Gasteiger partial charge in [0.1, 0.15) is 0 Å². The highest BCUT2D eigenvalue weighted by Gasteiger charge is 2.32. The Balaban J connectivity index is 1.48. The van der Waals surface area contributed by atoms with Gasteiger partial charge in [-0.3, -0.25) is 0 Å². The van der Waals surface area contributed by atoms with E-state index < -0.39 is 11.6 Å². The van der Waals surface area contributed by atoms with Gasteiger partial charge in [-0.25, -0.2) is 4.39 Å². The van der Waals surface area contributed by atoms with Gasteiger partial charge in [-0.05, 0) is 80.2 Å². The lowest BCUT2D eigenvalue weighted by molar-refractivity contribution is 0.0131. The van der Waals surface area contributed by atoms with E-state index in [1.807, 2.05) is 6.92 Å². The van der Waals surface area contributed by atoms with Gasteiger partial charge < -0.3 is 9.47 Å². The minimum absolute atomic E-state index is 0.0463. The zero-order chi connectivity index (χ0) is 21.3. The Hall–Kier alpha value is -1.16. The molecular weight excluding hydrogens is 382 g/mol. The van der Waals surface area contributed by atoms with E-state index in [2.05, 4.69) is 6.92 Å². The first-order valence-electron chi connectivity index (χ1n) is 12.3. The summed E-state index contributed by atoms with van der Waals surface area (Å²) in [4.78, 5) is 0. The number of ether oxygens (including phenoxy) is 2. The van der Waals surface area contributed by atoms with Gasteiger partial charge in [-0.1, -0.05) is 52.0 Å². The van der Waals surface area contributed by atoms with Crippen molar-refractivity contribution in [2.45, 2.75) is 96.8 Å². The predicted molar refractivity (Wildman–Crippen MR) is 118 cm³/mol. The summed E-state index contributed by atoms with van der Waals surface area (Å²) in [5.41, 5.74) is 0.524. The fraction of sp³-hybridized carbons (Fsp3) is 0.769. The van der Waals surface area contributed by atoms with Crippen molar-refractivity contribution in [3.8, 4) is 5.75 Å². The molecule has 2 fully saturated rings. The Labute approximate surface area is 181 Å². The van der Waals surface area contributed by atoms with Crippen LogP contribution >= 0.6 is 0 Å². The number of halogens is 2. The van der Waals surface area contributed by atoms with Crippen LogP contribution in [0.25, 0.3) is 0 Å². The summed E-state index contributed by atoms with van der Waals surface area (Å²) in [6.45, 7) is 4.77. The van der Waals surface area contributed by atoms with Crippen LogP contribution in [0.2, 0.25) is 0 Å². The van der Waals surface area contributed by atoms with Crippen LogP contribution in [-0.2, 0) is 4.74 Å². The van der Waals surface area contributed by atoms with Crippen LogP contribution in [0.15, 0.2) is 12.1 Å². The summed E-state index contributed by atoms with van der Waals surface area (Å²) in [5, 5.41) is 0. The highest BCUT2D eigenvalue weighted by Crippen LogP contribution is 2.45. The molecule has 0 bridgehead atoms. The minimum Gasteiger partial charge on any atom is -0.464 e. The SMILES string of the molecule is CCCCC1CCC(C2CCC(c3ccc(OCOCCC)c(F)c3F)CC2)CC1. The minimum atomic E-state index is -0.875. The Kier molecular flexibility index (Phi) is 9.42. The molecule has 1 aromatic rings. The van der Waals surface area contributed by atoms with Gasteiger partial charge in [-0.2, -0.15) is 4.39 Å². The van der Waals surface area contributed by atoms with Crippen LogP contribution in [-0.4, -0.2) is 13.4 Å². The van der Waals surface area contributed by atoms with Crippen molar-refractivity contribution in [3.05, 3.63) is 29.3 Å². The summed E-state index contributed by atoms with van der Waals surface area (Å²) < 4.78 is 39.7. The van der Waals surface area contributed by atoms with E-state index in [9.17, 15) is 8.78 Å². The fourth-order valence-corrected chi connectivity index (χ4v) is 5.62. The second-order valence-electron chi connectivity index (χ2n) is 9.49. The van der Waals surface area contributed by atoms with E-state index in [0.717, 1.165) is 49.9 Å². The van der Waals surface area contributed by atoms with Gasteiger partial charge in [0.2, 0.25) is 5.82 Å². The Morgan fingerprint density at radius 1 is 0.833 bits per heavy atom. The van der Waals surface area contributed by atoms with E-state index in [1.165, 1.54) is 44.9 Å². The lowest BCUT2D eigenvalue weighted by Gasteiger charge is -2.38. The van der Waals surface area contributed by atoms with Crippen LogP contribution in [0.3, 0.4) is 0 Å². The molecule has 0 aromatic heterocycles. The van der Waals surface area contributed by atoms with E-state index in [0.29, 0.717) is 12.2 Å². The molecule has 0 aliphatic heterocycles. The molecule has 2 nitrogen and oxygen atoms in total. The normalized spacial score (nSPS) is 27.2. The lowest BCUT2D eigenvalue weighted by Crippen LogP contribution is -2.25. The van der Waals surface area contributed by atoms with Crippen molar-refractivity contribution in [1.82, 2.24) is 0 Å². The number of benzene rings is 1. The molecule has 30 heavy (non-hydrogen) atoms. The van der Waals surface area contributed by atoms with Gasteiger partial charge in [0.05, 0.1) is 6.61 Å². The Morgan fingerprint density at radius 3 is 2.13 bits per heavy atom. The zero-order valence-electron chi connectivity index (χ0n) is 18.9. The number of hydrogen-bond acceptors (Lipinski definition) is 2. The molecular formula is C26H40F2O2. The maximum Gasteiger partial charge on any atom is 0.201 e. The molecule has 0 N–H and O–H groups in total. The van der Waals surface area contributed by atoms with Gasteiger partial charge in [0, 0.05) is 0 Å². The monoisotopic (exact) mass is 422 g/mol. The molecule has 0 unspecified atom stereocenters. The summed E-state index contributed by atoms with van der Waals surface area (Å²) >= 11 is 0. The summed E-state index contributed by atoms with van der Waals surface area (Å²) in [5.74, 6) is 1.04.